The van der Waals surface area contributed by atoms with E-state index >= 15 is 0 Å². The van der Waals surface area contributed by atoms with E-state index in [1.54, 1.807) is 19.1 Å². The van der Waals surface area contributed by atoms with E-state index in [0.29, 0.717) is 11.1 Å². The summed E-state index contributed by atoms with van der Waals surface area (Å²) in [7, 11) is 0. The Kier molecular flexibility index (Phi) is 3.48. The Morgan fingerprint density at radius 3 is 2.07 bits per heavy atom. The molecule has 0 aromatic heterocycles. The van der Waals surface area contributed by atoms with Crippen LogP contribution >= 0.6 is 0 Å². The van der Waals surface area contributed by atoms with Gasteiger partial charge >= 0.3 is 0 Å². The second kappa shape index (κ2) is 4.30. The van der Waals surface area contributed by atoms with Gasteiger partial charge < -0.3 is 0 Å². The molecule has 0 fully saturated rings. The Morgan fingerprint density at radius 1 is 1.07 bits per heavy atom. The molecule has 0 saturated carbocycles. The molecule has 1 aromatic rings. The van der Waals surface area contributed by atoms with Crippen LogP contribution in [0.4, 0.5) is 8.78 Å². The van der Waals surface area contributed by atoms with Gasteiger partial charge in [0.05, 0.1) is 0 Å². The zero-order chi connectivity index (χ0) is 11.6. The summed E-state index contributed by atoms with van der Waals surface area (Å²) >= 11 is 0. The predicted molar refractivity (Wildman–Crippen MR) is 59.0 cm³/mol. The summed E-state index contributed by atoms with van der Waals surface area (Å²) in [4.78, 5) is 0. The van der Waals surface area contributed by atoms with Crippen LogP contribution in [0.15, 0.2) is 12.1 Å². The van der Waals surface area contributed by atoms with E-state index < -0.39 is 11.6 Å². The third kappa shape index (κ3) is 2.04. The fourth-order valence-electron chi connectivity index (χ4n) is 1.74. The Labute approximate surface area is 90.3 Å². The van der Waals surface area contributed by atoms with Gasteiger partial charge in [0.2, 0.25) is 0 Å². The van der Waals surface area contributed by atoms with Gasteiger partial charge in [0.25, 0.3) is 0 Å². The SMILES string of the molecule is CCC(C)(CC)c1ccc(C)c(F)c1F. The highest BCUT2D eigenvalue weighted by molar-refractivity contribution is 5.31. The lowest BCUT2D eigenvalue weighted by Crippen LogP contribution is -2.22. The molecule has 0 atom stereocenters. The molecule has 0 spiro atoms. The minimum Gasteiger partial charge on any atom is -0.203 e. The van der Waals surface area contributed by atoms with Crippen LogP contribution in [0.25, 0.3) is 0 Å². The van der Waals surface area contributed by atoms with Gasteiger partial charge in [-0.3, -0.25) is 0 Å². The predicted octanol–water partition coefficient (Wildman–Crippen LogP) is 4.35. The second-order valence-corrected chi connectivity index (χ2v) is 4.33. The van der Waals surface area contributed by atoms with Crippen LogP contribution in [-0.4, -0.2) is 0 Å². The molecule has 84 valence electrons. The van der Waals surface area contributed by atoms with Crippen LogP contribution in [0.5, 0.6) is 0 Å². The first-order chi connectivity index (χ1) is 6.96. The highest BCUT2D eigenvalue weighted by atomic mass is 19.2. The molecule has 0 saturated heterocycles. The maximum absolute atomic E-state index is 13.8. The normalized spacial score (nSPS) is 11.9. The van der Waals surface area contributed by atoms with Crippen LogP contribution < -0.4 is 0 Å². The average Bonchev–Trinajstić information content (AvgIpc) is 2.25. The molecule has 15 heavy (non-hydrogen) atoms. The zero-order valence-corrected chi connectivity index (χ0v) is 9.82. The molecule has 1 aromatic carbocycles. The van der Waals surface area contributed by atoms with Gasteiger partial charge in [-0.05, 0) is 36.3 Å². The molecule has 0 N–H and O–H groups in total. The first-order valence-corrected chi connectivity index (χ1v) is 5.41. The topological polar surface area (TPSA) is 0 Å². The smallest absolute Gasteiger partial charge is 0.162 e. The van der Waals surface area contributed by atoms with Crippen molar-refractivity contribution in [3.05, 3.63) is 34.9 Å². The average molecular weight is 212 g/mol. The Bertz CT molecular complexity index is 352. The molecule has 0 aliphatic rings. The summed E-state index contributed by atoms with van der Waals surface area (Å²) in [6.45, 7) is 7.55. The Balaban J connectivity index is 3.32. The molecule has 0 amide bonds. The quantitative estimate of drug-likeness (QED) is 0.698. The number of rotatable bonds is 3. The van der Waals surface area contributed by atoms with Crippen molar-refractivity contribution in [2.24, 2.45) is 0 Å². The van der Waals surface area contributed by atoms with Crippen molar-refractivity contribution in [1.82, 2.24) is 0 Å². The van der Waals surface area contributed by atoms with E-state index in [4.69, 9.17) is 0 Å². The van der Waals surface area contributed by atoms with Crippen molar-refractivity contribution >= 4 is 0 Å². The van der Waals surface area contributed by atoms with Gasteiger partial charge in [0, 0.05) is 0 Å². The third-order valence-corrected chi connectivity index (χ3v) is 3.49. The Hall–Kier alpha value is -0.920. The van der Waals surface area contributed by atoms with E-state index in [1.165, 1.54) is 0 Å². The molecular formula is C13H18F2. The van der Waals surface area contributed by atoms with Crippen LogP contribution in [0.2, 0.25) is 0 Å². The molecule has 0 aliphatic carbocycles. The molecule has 2 heteroatoms. The van der Waals surface area contributed by atoms with E-state index in [0.717, 1.165) is 12.8 Å². The molecule has 0 nitrogen and oxygen atoms in total. The van der Waals surface area contributed by atoms with Crippen LogP contribution in [0.1, 0.15) is 44.7 Å². The summed E-state index contributed by atoms with van der Waals surface area (Å²) in [5.41, 5.74) is 0.597. The molecule has 0 heterocycles. The van der Waals surface area contributed by atoms with Crippen molar-refractivity contribution in [1.29, 1.82) is 0 Å². The number of hydrogen-bond acceptors (Lipinski definition) is 0. The first-order valence-electron chi connectivity index (χ1n) is 5.41. The largest absolute Gasteiger partial charge is 0.203 e. The van der Waals surface area contributed by atoms with Gasteiger partial charge in [0.15, 0.2) is 11.6 Å². The van der Waals surface area contributed by atoms with Crippen molar-refractivity contribution < 1.29 is 8.78 Å². The minimum absolute atomic E-state index is 0.265. The van der Waals surface area contributed by atoms with Crippen LogP contribution in [0, 0.1) is 18.6 Å². The molecular weight excluding hydrogens is 194 g/mol. The Morgan fingerprint density at radius 2 is 1.60 bits per heavy atom. The van der Waals surface area contributed by atoms with E-state index in [1.807, 2.05) is 20.8 Å². The second-order valence-electron chi connectivity index (χ2n) is 4.33. The monoisotopic (exact) mass is 212 g/mol. The number of hydrogen-bond donors (Lipinski definition) is 0. The highest BCUT2D eigenvalue weighted by Gasteiger charge is 2.27. The summed E-state index contributed by atoms with van der Waals surface area (Å²) in [5, 5.41) is 0. The summed E-state index contributed by atoms with van der Waals surface area (Å²) in [5.74, 6) is -1.39. The van der Waals surface area contributed by atoms with Crippen molar-refractivity contribution in [3.63, 3.8) is 0 Å². The summed E-state index contributed by atoms with van der Waals surface area (Å²) < 4.78 is 27.2. The van der Waals surface area contributed by atoms with Crippen molar-refractivity contribution in [2.45, 2.75) is 46.0 Å². The lowest BCUT2D eigenvalue weighted by atomic mass is 9.77. The molecule has 0 radical (unpaired) electrons. The van der Waals surface area contributed by atoms with Crippen LogP contribution in [-0.2, 0) is 5.41 Å². The standard InChI is InChI=1S/C13H18F2/c1-5-13(4,6-2)10-8-7-9(3)11(14)12(10)15/h7-8H,5-6H2,1-4H3. The van der Waals surface area contributed by atoms with Crippen molar-refractivity contribution in [2.75, 3.05) is 0 Å². The van der Waals surface area contributed by atoms with Gasteiger partial charge in [0.1, 0.15) is 0 Å². The van der Waals surface area contributed by atoms with E-state index in [2.05, 4.69) is 0 Å². The van der Waals surface area contributed by atoms with Gasteiger partial charge in [-0.2, -0.15) is 0 Å². The maximum atomic E-state index is 13.8. The fourth-order valence-corrected chi connectivity index (χ4v) is 1.74. The third-order valence-electron chi connectivity index (χ3n) is 3.49. The van der Waals surface area contributed by atoms with Gasteiger partial charge in [-0.15, -0.1) is 0 Å². The molecule has 0 unspecified atom stereocenters. The molecule has 0 bridgehead atoms. The van der Waals surface area contributed by atoms with Gasteiger partial charge in [-0.25, -0.2) is 8.78 Å². The lowest BCUT2D eigenvalue weighted by Gasteiger charge is -2.28. The highest BCUT2D eigenvalue weighted by Crippen LogP contribution is 2.34. The van der Waals surface area contributed by atoms with Crippen LogP contribution in [0.3, 0.4) is 0 Å². The van der Waals surface area contributed by atoms with Crippen molar-refractivity contribution in [3.8, 4) is 0 Å². The number of aryl methyl sites for hydroxylation is 1. The number of benzene rings is 1. The maximum Gasteiger partial charge on any atom is 0.162 e. The lowest BCUT2D eigenvalue weighted by molar-refractivity contribution is 0.398. The van der Waals surface area contributed by atoms with Gasteiger partial charge in [-0.1, -0.05) is 32.9 Å². The zero-order valence-electron chi connectivity index (χ0n) is 9.82. The fraction of sp³-hybridized carbons (Fsp3) is 0.538. The minimum atomic E-state index is -0.708. The van der Waals surface area contributed by atoms with E-state index in [9.17, 15) is 8.78 Å². The first kappa shape index (κ1) is 12.2. The summed E-state index contributed by atoms with van der Waals surface area (Å²) in [6.07, 6.45) is 1.62. The summed E-state index contributed by atoms with van der Waals surface area (Å²) in [6, 6.07) is 3.36. The molecule has 1 rings (SSSR count). The molecule has 0 aliphatic heterocycles. The number of halogens is 2. The van der Waals surface area contributed by atoms with E-state index in [-0.39, 0.29) is 5.41 Å².